The molecule has 1 aliphatic carbocycles. The minimum absolute atomic E-state index is 0.0176. The quantitative estimate of drug-likeness (QED) is 0.0414. The van der Waals surface area contributed by atoms with Crippen LogP contribution in [0.15, 0.2) is 84.2 Å². The first-order valence-corrected chi connectivity index (χ1v) is 16.1. The number of aliphatic hydroxyl groups is 1. The van der Waals surface area contributed by atoms with Gasteiger partial charge in [-0.15, -0.1) is 0 Å². The number of nitrogens with one attached hydrogen (secondary N) is 1. The number of carbonyl (C=O) groups excluding carboxylic acids is 2. The number of halogens is 5. The highest BCUT2D eigenvalue weighted by Crippen LogP contribution is 2.47. The molecular weight excluding hydrogens is 706 g/mol. The molecular formula is C37H34ClF4N5O5. The van der Waals surface area contributed by atoms with Gasteiger partial charge in [-0.05, 0) is 48.9 Å². The van der Waals surface area contributed by atoms with Crippen LogP contribution in [0, 0.1) is 11.6 Å². The van der Waals surface area contributed by atoms with Gasteiger partial charge in [0.15, 0.2) is 5.79 Å². The van der Waals surface area contributed by atoms with Crippen LogP contribution in [-0.2, 0) is 15.8 Å². The van der Waals surface area contributed by atoms with Crippen molar-refractivity contribution in [3.63, 3.8) is 0 Å². The Morgan fingerprint density at radius 3 is 2.58 bits per heavy atom. The Hall–Kier alpha value is -5.47. The molecule has 2 heterocycles. The van der Waals surface area contributed by atoms with Crippen LogP contribution < -0.4 is 26.3 Å². The fourth-order valence-electron chi connectivity index (χ4n) is 5.30. The number of allylic oxidation sites excluding steroid dienone is 4. The molecule has 0 unspecified atom stereocenters. The molecule has 2 atom stereocenters. The van der Waals surface area contributed by atoms with E-state index in [1.807, 2.05) is 0 Å². The summed E-state index contributed by atoms with van der Waals surface area (Å²) >= 11 is 6.01. The van der Waals surface area contributed by atoms with Gasteiger partial charge in [-0.2, -0.15) is 0 Å². The van der Waals surface area contributed by atoms with Gasteiger partial charge in [0.2, 0.25) is 5.91 Å². The van der Waals surface area contributed by atoms with E-state index in [2.05, 4.69) is 28.5 Å². The predicted octanol–water partition coefficient (Wildman–Crippen LogP) is 6.05. The van der Waals surface area contributed by atoms with Crippen LogP contribution in [-0.4, -0.2) is 54.2 Å². The highest BCUT2D eigenvalue weighted by molar-refractivity contribution is 6.31. The van der Waals surface area contributed by atoms with Crippen LogP contribution in [0.25, 0.3) is 11.3 Å². The highest BCUT2D eigenvalue weighted by atomic mass is 35.5. The maximum Gasteiger partial charge on any atom is 0.251 e. The average Bonchev–Trinajstić information content (AvgIpc) is 3.75. The number of fused-ring (bicyclic) bond motifs is 1. The van der Waals surface area contributed by atoms with Crippen molar-refractivity contribution in [3.8, 4) is 22.8 Å². The summed E-state index contributed by atoms with van der Waals surface area (Å²) in [5.41, 5.74) is 7.34. The summed E-state index contributed by atoms with van der Waals surface area (Å²) in [5, 5.41) is 14.6. The predicted molar refractivity (Wildman–Crippen MR) is 189 cm³/mol. The molecule has 5 rings (SSSR count). The van der Waals surface area contributed by atoms with Crippen LogP contribution in [0.3, 0.4) is 0 Å². The van der Waals surface area contributed by atoms with Gasteiger partial charge in [0, 0.05) is 47.4 Å². The third kappa shape index (κ3) is 7.30. The highest BCUT2D eigenvalue weighted by Gasteiger charge is 2.46. The van der Waals surface area contributed by atoms with Gasteiger partial charge in [-0.25, -0.2) is 22.5 Å². The number of amides is 2. The van der Waals surface area contributed by atoms with Gasteiger partial charge in [0.1, 0.15) is 52.3 Å². The molecule has 0 radical (unpaired) electrons. The molecule has 2 amide bonds. The summed E-state index contributed by atoms with van der Waals surface area (Å²) in [5.74, 6) is -6.16. The standard InChI is InChI=1S/C37H34ClF4N5O5/c1-5-22(39)8-6-7-19(2)37(50,17-45-33(48)20-11-21(16-46-36(42)9-10-36)30(43)28(12-20)51-4)29-14-24-32(52-18-35(24,3)34(44)49)31(47-29)23-13-25(38)27(41)15-26(23)40/h5-8,11-16,50H,1-2,9-10,17-18,43H2,3-4H3,(H2,44,49)(H,45,48)/b7-6-,22-8+,46-16+/t35-,37+/m0/s1. The average molecular weight is 740 g/mol. The molecule has 6 N–H and O–H groups in total. The van der Waals surface area contributed by atoms with Gasteiger partial charge in [0.05, 0.1) is 30.1 Å². The number of rotatable bonds is 13. The summed E-state index contributed by atoms with van der Waals surface area (Å²) in [4.78, 5) is 34.8. The molecule has 1 aliphatic heterocycles. The number of nitrogens with zero attached hydrogens (tertiary/aromatic N) is 2. The van der Waals surface area contributed by atoms with Crippen molar-refractivity contribution in [3.05, 3.63) is 118 Å². The zero-order valence-corrected chi connectivity index (χ0v) is 28.8. The Morgan fingerprint density at radius 2 is 1.94 bits per heavy atom. The Labute approximate surface area is 301 Å². The number of alkyl halides is 1. The lowest BCUT2D eigenvalue weighted by Gasteiger charge is -2.30. The molecule has 2 aliphatic rings. The van der Waals surface area contributed by atoms with E-state index in [-0.39, 0.29) is 75.8 Å². The Kier molecular flexibility index (Phi) is 10.4. The molecule has 2 aromatic carbocycles. The lowest BCUT2D eigenvalue weighted by molar-refractivity contribution is -0.123. The number of carbonyl (C=O) groups is 2. The zero-order chi connectivity index (χ0) is 38.2. The van der Waals surface area contributed by atoms with Crippen LogP contribution in [0.4, 0.5) is 23.2 Å². The van der Waals surface area contributed by atoms with Crippen molar-refractivity contribution in [2.75, 3.05) is 26.0 Å². The Bertz CT molecular complexity index is 2100. The smallest absolute Gasteiger partial charge is 0.251 e. The number of primary amides is 1. The van der Waals surface area contributed by atoms with Crippen molar-refractivity contribution in [2.45, 2.75) is 36.6 Å². The molecule has 15 heteroatoms. The van der Waals surface area contributed by atoms with E-state index in [1.165, 1.54) is 50.6 Å². The third-order valence-electron chi connectivity index (χ3n) is 8.84. The second-order valence-electron chi connectivity index (χ2n) is 12.5. The molecule has 1 fully saturated rings. The van der Waals surface area contributed by atoms with E-state index in [4.69, 9.17) is 32.5 Å². The monoisotopic (exact) mass is 739 g/mol. The van der Waals surface area contributed by atoms with Crippen LogP contribution in [0.1, 0.15) is 46.9 Å². The third-order valence-corrected chi connectivity index (χ3v) is 9.13. The van der Waals surface area contributed by atoms with Gasteiger partial charge >= 0.3 is 0 Å². The van der Waals surface area contributed by atoms with Gasteiger partial charge < -0.3 is 31.4 Å². The molecule has 272 valence electrons. The van der Waals surface area contributed by atoms with Crippen molar-refractivity contribution in [1.29, 1.82) is 0 Å². The maximum absolute atomic E-state index is 15.4. The molecule has 1 saturated carbocycles. The van der Waals surface area contributed by atoms with E-state index in [0.717, 1.165) is 18.2 Å². The normalized spacial score (nSPS) is 18.8. The second kappa shape index (κ2) is 14.3. The molecule has 0 bridgehead atoms. The molecule has 1 aromatic heterocycles. The van der Waals surface area contributed by atoms with E-state index in [1.54, 1.807) is 0 Å². The molecule has 3 aromatic rings. The number of ether oxygens (including phenoxy) is 2. The summed E-state index contributed by atoms with van der Waals surface area (Å²) in [7, 11) is 1.32. The zero-order valence-electron chi connectivity index (χ0n) is 28.0. The summed E-state index contributed by atoms with van der Waals surface area (Å²) in [6, 6.07) is 5.46. The number of benzene rings is 2. The fraction of sp³-hybridized carbons (Fsp3) is 0.243. The number of methoxy groups -OCH3 is 1. The van der Waals surface area contributed by atoms with Gasteiger partial charge in [-0.3, -0.25) is 14.6 Å². The SMILES string of the molecule is C=C/C(F)=C\C=C/C(=C)[C@](O)(CNC(=O)c1cc(/C=N/C2(F)CC2)c(N)c(OC)c1)c1cc2c(c(-c3cc(Cl)c(F)cc3F)n1)OC[C@]2(C)C(N)=O. The van der Waals surface area contributed by atoms with Crippen LogP contribution in [0.2, 0.25) is 5.02 Å². The van der Waals surface area contributed by atoms with E-state index >= 15 is 4.39 Å². The summed E-state index contributed by atoms with van der Waals surface area (Å²) in [6.45, 7) is 7.77. The fourth-order valence-corrected chi connectivity index (χ4v) is 5.46. The maximum atomic E-state index is 15.4. The number of aromatic nitrogens is 1. The largest absolute Gasteiger partial charge is 0.495 e. The molecule has 0 saturated heterocycles. The van der Waals surface area contributed by atoms with Crippen LogP contribution >= 0.6 is 11.6 Å². The lowest BCUT2D eigenvalue weighted by atomic mass is 9.80. The van der Waals surface area contributed by atoms with Gasteiger partial charge in [-0.1, -0.05) is 36.9 Å². The van der Waals surface area contributed by atoms with Gasteiger partial charge in [0.25, 0.3) is 5.91 Å². The van der Waals surface area contributed by atoms with E-state index in [9.17, 15) is 27.9 Å². The Balaban J connectivity index is 1.64. The number of hydrogen-bond acceptors (Lipinski definition) is 8. The number of pyridine rings is 1. The number of nitrogen functional groups attached to an aromatic ring is 1. The summed E-state index contributed by atoms with van der Waals surface area (Å²) < 4.78 is 68.8. The minimum atomic E-state index is -2.37. The minimum Gasteiger partial charge on any atom is -0.495 e. The van der Waals surface area contributed by atoms with Crippen molar-refractivity contribution < 1.29 is 41.7 Å². The van der Waals surface area contributed by atoms with E-state index in [0.29, 0.717) is 6.07 Å². The number of anilines is 1. The van der Waals surface area contributed by atoms with Crippen molar-refractivity contribution >= 4 is 35.3 Å². The lowest BCUT2D eigenvalue weighted by Crippen LogP contribution is -2.43. The molecule has 52 heavy (non-hydrogen) atoms. The van der Waals surface area contributed by atoms with Crippen molar-refractivity contribution in [2.24, 2.45) is 10.7 Å². The van der Waals surface area contributed by atoms with E-state index < -0.39 is 57.7 Å². The molecule has 0 spiro atoms. The number of hydrogen-bond donors (Lipinski definition) is 4. The first-order chi connectivity index (χ1) is 24.5. The first-order valence-electron chi connectivity index (χ1n) is 15.7. The summed E-state index contributed by atoms with van der Waals surface area (Å²) in [6.07, 6.45) is 6.11. The van der Waals surface area contributed by atoms with Crippen LogP contribution in [0.5, 0.6) is 11.5 Å². The Morgan fingerprint density at radius 1 is 1.23 bits per heavy atom. The second-order valence-corrected chi connectivity index (χ2v) is 12.9. The van der Waals surface area contributed by atoms with Crippen molar-refractivity contribution in [1.82, 2.24) is 10.3 Å². The first kappa shape index (κ1) is 37.8. The number of nitrogens with two attached hydrogens (primary N) is 2. The number of aliphatic imine (C=N–C) groups is 1. The topological polar surface area (TPSA) is 162 Å². The molecule has 10 nitrogen and oxygen atoms in total.